The molecule has 4 aliphatic heterocycles. The highest BCUT2D eigenvalue weighted by molar-refractivity contribution is 5.28. The molecule has 0 bridgehead atoms. The second-order valence-corrected chi connectivity index (χ2v) is 21.2. The predicted molar refractivity (Wildman–Crippen MR) is 231 cm³/mol. The summed E-state index contributed by atoms with van der Waals surface area (Å²) in [5.41, 5.74) is 0.414. The van der Waals surface area contributed by atoms with Gasteiger partial charge in [-0.1, -0.05) is 25.5 Å². The Morgan fingerprint density at radius 1 is 0.692 bits per heavy atom. The molecular weight excluding hydrogens is 849 g/mol. The average molecular weight is 929 g/mol. The van der Waals surface area contributed by atoms with Crippen molar-refractivity contribution in [2.24, 2.45) is 28.6 Å². The van der Waals surface area contributed by atoms with E-state index in [-0.39, 0.29) is 47.7 Å². The third-order valence-corrected chi connectivity index (χ3v) is 17.7. The van der Waals surface area contributed by atoms with Crippen LogP contribution in [0.3, 0.4) is 0 Å². The molecule has 6 N–H and O–H groups in total. The summed E-state index contributed by atoms with van der Waals surface area (Å²) in [4.78, 5) is 0. The lowest BCUT2D eigenvalue weighted by Gasteiger charge is -2.61. The molecule has 0 amide bonds. The zero-order chi connectivity index (χ0) is 46.7. The van der Waals surface area contributed by atoms with Gasteiger partial charge in [-0.3, -0.25) is 0 Å². The minimum atomic E-state index is -1.38. The molecule has 4 aliphatic carbocycles. The van der Waals surface area contributed by atoms with Gasteiger partial charge >= 0.3 is 0 Å². The standard InChI is InChI=1S/C48H80O17/c1-23(50)29-14-17-48(54)31-11-10-27-18-28(12-15-46(27,5)30(31)13-16-47(29,48)6)61-37-21-34(56-8)42(26(4)60-37)63-36-19-32(51)41(25(3)59-36)65-45-40(53)44(57-9)43(35(22-49)62-45)64-38-20-33(55-7)39(52)24(2)58-38/h10,23-26,28-45,49-54H,11-22H2,1-9H3. The number of rotatable bonds is 13. The minimum absolute atomic E-state index is 0.00343. The Kier molecular flexibility index (Phi) is 15.6. The number of methoxy groups -OCH3 is 3. The van der Waals surface area contributed by atoms with Crippen LogP contribution in [-0.2, 0) is 52.1 Å². The number of ether oxygens (including phenoxy) is 11. The molecule has 7 fully saturated rings. The average Bonchev–Trinajstić information content (AvgIpc) is 3.55. The largest absolute Gasteiger partial charge is 0.394 e. The molecule has 3 saturated carbocycles. The minimum Gasteiger partial charge on any atom is -0.394 e. The van der Waals surface area contributed by atoms with Crippen LogP contribution in [0.5, 0.6) is 0 Å². The Labute approximate surface area is 384 Å². The summed E-state index contributed by atoms with van der Waals surface area (Å²) in [6.07, 6.45) is -3.90. The third-order valence-electron chi connectivity index (χ3n) is 17.7. The molecule has 8 rings (SSSR count). The van der Waals surface area contributed by atoms with E-state index < -0.39 is 117 Å². The Morgan fingerprint density at radius 2 is 1.34 bits per heavy atom. The van der Waals surface area contributed by atoms with Crippen LogP contribution in [0.1, 0.15) is 112 Å². The molecule has 0 aromatic heterocycles. The first-order valence-electron chi connectivity index (χ1n) is 24.5. The van der Waals surface area contributed by atoms with Crippen LogP contribution < -0.4 is 0 Å². The highest BCUT2D eigenvalue weighted by atomic mass is 16.8. The quantitative estimate of drug-likeness (QED) is 0.146. The van der Waals surface area contributed by atoms with E-state index in [0.717, 1.165) is 51.4 Å². The number of hydrogen-bond acceptors (Lipinski definition) is 17. The highest BCUT2D eigenvalue weighted by Gasteiger charge is 2.67. The number of aliphatic hydroxyl groups is 6. The van der Waals surface area contributed by atoms with Gasteiger partial charge in [-0.05, 0) is 102 Å². The monoisotopic (exact) mass is 929 g/mol. The zero-order valence-corrected chi connectivity index (χ0v) is 39.9. The summed E-state index contributed by atoms with van der Waals surface area (Å²) in [5, 5.41) is 66.7. The van der Waals surface area contributed by atoms with Crippen molar-refractivity contribution in [3.63, 3.8) is 0 Å². The van der Waals surface area contributed by atoms with Crippen LogP contribution in [-0.4, -0.2) is 181 Å². The molecule has 25 atom stereocenters. The van der Waals surface area contributed by atoms with Gasteiger partial charge in [-0.15, -0.1) is 0 Å². The predicted octanol–water partition coefficient (Wildman–Crippen LogP) is 2.85. The molecule has 8 aliphatic rings. The summed E-state index contributed by atoms with van der Waals surface area (Å²) in [6, 6.07) is 0. The van der Waals surface area contributed by atoms with Gasteiger partial charge < -0.3 is 82.7 Å². The van der Waals surface area contributed by atoms with Crippen molar-refractivity contribution in [2.75, 3.05) is 27.9 Å². The summed E-state index contributed by atoms with van der Waals surface area (Å²) in [7, 11) is 4.55. The molecular formula is C48H80O17. The maximum atomic E-state index is 12.4. The van der Waals surface area contributed by atoms with E-state index in [1.165, 1.54) is 19.8 Å². The lowest BCUT2D eigenvalue weighted by Crippen LogP contribution is -2.64. The smallest absolute Gasteiger partial charge is 0.187 e. The molecule has 0 spiro atoms. The third kappa shape index (κ3) is 9.29. The Bertz CT molecular complexity index is 1610. The molecule has 4 heterocycles. The van der Waals surface area contributed by atoms with Gasteiger partial charge in [0, 0.05) is 46.0 Å². The van der Waals surface area contributed by atoms with Crippen molar-refractivity contribution >= 4 is 0 Å². The number of hydrogen-bond donors (Lipinski definition) is 6. The highest BCUT2D eigenvalue weighted by Crippen LogP contribution is 2.68. The van der Waals surface area contributed by atoms with Gasteiger partial charge in [-0.25, -0.2) is 0 Å². The number of aliphatic hydroxyl groups excluding tert-OH is 5. The van der Waals surface area contributed by atoms with E-state index in [0.29, 0.717) is 12.3 Å². The van der Waals surface area contributed by atoms with Crippen LogP contribution >= 0.6 is 0 Å². The molecule has 17 heteroatoms. The van der Waals surface area contributed by atoms with Crippen LogP contribution in [0.25, 0.3) is 0 Å². The Balaban J connectivity index is 0.833. The first-order chi connectivity index (χ1) is 30.9. The van der Waals surface area contributed by atoms with Gasteiger partial charge in [0.15, 0.2) is 25.2 Å². The molecule has 25 unspecified atom stereocenters. The first-order valence-corrected chi connectivity index (χ1v) is 24.5. The topological polar surface area (TPSA) is 223 Å². The molecule has 17 nitrogen and oxygen atoms in total. The van der Waals surface area contributed by atoms with E-state index >= 15 is 0 Å². The number of allylic oxidation sites excluding steroid dienone is 1. The summed E-state index contributed by atoms with van der Waals surface area (Å²) >= 11 is 0. The van der Waals surface area contributed by atoms with Gasteiger partial charge in [0.05, 0.1) is 61.0 Å². The van der Waals surface area contributed by atoms with Crippen molar-refractivity contribution < 1.29 is 82.7 Å². The van der Waals surface area contributed by atoms with E-state index in [1.807, 2.05) is 13.8 Å². The summed E-state index contributed by atoms with van der Waals surface area (Å²) < 4.78 is 67.3. The molecule has 65 heavy (non-hydrogen) atoms. The van der Waals surface area contributed by atoms with Crippen LogP contribution in [0.15, 0.2) is 11.6 Å². The van der Waals surface area contributed by atoms with Crippen LogP contribution in [0, 0.1) is 28.6 Å². The van der Waals surface area contributed by atoms with Crippen molar-refractivity contribution in [1.29, 1.82) is 0 Å². The summed E-state index contributed by atoms with van der Waals surface area (Å²) in [6.45, 7) is 11.4. The SMILES string of the molecule is COC1CC(OC2C(CO)OC(OC3C(O)CC(OC4C(C)OC(OC5CCC6(C)C(=CCC7C6CCC6(C)C(C(C)O)CCC76O)C5)CC4OC)OC3C)C(O)C2OC)OC(C)C1O. The van der Waals surface area contributed by atoms with Crippen molar-refractivity contribution in [3.05, 3.63) is 11.6 Å². The van der Waals surface area contributed by atoms with E-state index in [1.54, 1.807) is 21.0 Å². The number of fused-ring (bicyclic) bond motifs is 5. The molecule has 0 aromatic carbocycles. The van der Waals surface area contributed by atoms with Gasteiger partial charge in [0.2, 0.25) is 0 Å². The maximum Gasteiger partial charge on any atom is 0.187 e. The lowest BCUT2D eigenvalue weighted by atomic mass is 9.45. The Morgan fingerprint density at radius 3 is 2.00 bits per heavy atom. The van der Waals surface area contributed by atoms with Crippen molar-refractivity contribution in [3.8, 4) is 0 Å². The van der Waals surface area contributed by atoms with Crippen LogP contribution in [0.2, 0.25) is 0 Å². The lowest BCUT2D eigenvalue weighted by molar-refractivity contribution is -0.367. The molecule has 4 saturated heterocycles. The molecule has 0 radical (unpaired) electrons. The first kappa shape index (κ1) is 50.4. The van der Waals surface area contributed by atoms with E-state index in [4.69, 9.17) is 52.1 Å². The van der Waals surface area contributed by atoms with Gasteiger partial charge in [-0.2, -0.15) is 0 Å². The maximum absolute atomic E-state index is 12.4. The fourth-order valence-corrected chi connectivity index (χ4v) is 14.0. The van der Waals surface area contributed by atoms with Crippen LogP contribution in [0.4, 0.5) is 0 Å². The van der Waals surface area contributed by atoms with E-state index in [9.17, 15) is 30.6 Å². The van der Waals surface area contributed by atoms with E-state index in [2.05, 4.69) is 19.9 Å². The van der Waals surface area contributed by atoms with Gasteiger partial charge in [0.25, 0.3) is 0 Å². The summed E-state index contributed by atoms with van der Waals surface area (Å²) in [5.74, 6) is 0.723. The fraction of sp³-hybridized carbons (Fsp3) is 0.958. The fourth-order valence-electron chi connectivity index (χ4n) is 14.0. The Hall–Kier alpha value is -0.940. The second-order valence-electron chi connectivity index (χ2n) is 21.2. The molecule has 374 valence electrons. The molecule has 0 aromatic rings. The van der Waals surface area contributed by atoms with Crippen molar-refractivity contribution in [1.82, 2.24) is 0 Å². The van der Waals surface area contributed by atoms with Gasteiger partial charge in [0.1, 0.15) is 42.7 Å². The second kappa shape index (κ2) is 20.1. The zero-order valence-electron chi connectivity index (χ0n) is 39.9. The normalized spacial score (nSPS) is 53.1. The van der Waals surface area contributed by atoms with Crippen molar-refractivity contribution in [2.45, 2.75) is 234 Å².